The Kier molecular flexibility index (Phi) is 22.0. The molecular formula is C24H50O. The third-order valence-electron chi connectivity index (χ3n) is 5.70. The van der Waals surface area contributed by atoms with Crippen LogP contribution in [0.15, 0.2) is 0 Å². The summed E-state index contributed by atoms with van der Waals surface area (Å²) in [7, 11) is 0. The highest BCUT2D eigenvalue weighted by Gasteiger charge is 2.08. The van der Waals surface area contributed by atoms with Gasteiger partial charge in [-0.05, 0) is 12.3 Å². The molecule has 0 aromatic heterocycles. The van der Waals surface area contributed by atoms with E-state index in [1.807, 2.05) is 0 Å². The van der Waals surface area contributed by atoms with Gasteiger partial charge in [0.1, 0.15) is 0 Å². The Balaban J connectivity index is 3.69. The van der Waals surface area contributed by atoms with Gasteiger partial charge >= 0.3 is 0 Å². The van der Waals surface area contributed by atoms with Gasteiger partial charge < -0.3 is 5.11 Å². The third-order valence-corrected chi connectivity index (χ3v) is 5.70. The molecule has 0 heterocycles. The normalized spacial score (nSPS) is 12.6. The fourth-order valence-electron chi connectivity index (χ4n) is 3.93. The highest BCUT2D eigenvalue weighted by molar-refractivity contribution is 4.62. The first kappa shape index (κ1) is 25.0. The standard InChI is InChI=1S/C24H50O/c1-3-5-7-9-10-11-13-17-21-24(20-16-8-6-4-2)22-18-14-12-15-19-23-25/h24-25H,3-23H2,1-2H3. The molecule has 1 nitrogen and oxygen atoms in total. The summed E-state index contributed by atoms with van der Waals surface area (Å²) in [5.74, 6) is 0.995. The van der Waals surface area contributed by atoms with Gasteiger partial charge in [-0.2, -0.15) is 0 Å². The van der Waals surface area contributed by atoms with Gasteiger partial charge in [0.15, 0.2) is 0 Å². The van der Waals surface area contributed by atoms with Crippen LogP contribution in [0.2, 0.25) is 0 Å². The molecule has 1 atom stereocenters. The summed E-state index contributed by atoms with van der Waals surface area (Å²) in [5.41, 5.74) is 0. The molecule has 0 bridgehead atoms. The molecule has 0 amide bonds. The van der Waals surface area contributed by atoms with Gasteiger partial charge in [0.05, 0.1) is 0 Å². The molecule has 1 unspecified atom stereocenters. The van der Waals surface area contributed by atoms with Crippen LogP contribution in [0.1, 0.15) is 142 Å². The summed E-state index contributed by atoms with van der Waals surface area (Å²) < 4.78 is 0. The summed E-state index contributed by atoms with van der Waals surface area (Å²) in [6.45, 7) is 4.98. The quantitative estimate of drug-likeness (QED) is 0.205. The molecule has 0 saturated heterocycles. The molecule has 152 valence electrons. The van der Waals surface area contributed by atoms with E-state index >= 15 is 0 Å². The lowest BCUT2D eigenvalue weighted by Crippen LogP contribution is -2.01. The van der Waals surface area contributed by atoms with Crippen LogP contribution in [-0.4, -0.2) is 11.7 Å². The SMILES string of the molecule is CCCCCCCCCCC(CCCCCC)CCCCCCCO. The van der Waals surface area contributed by atoms with Crippen molar-refractivity contribution >= 4 is 0 Å². The Hall–Kier alpha value is -0.0400. The molecule has 1 N–H and O–H groups in total. The maximum atomic E-state index is 8.85. The predicted molar refractivity (Wildman–Crippen MR) is 114 cm³/mol. The lowest BCUT2D eigenvalue weighted by atomic mass is 9.89. The lowest BCUT2D eigenvalue weighted by Gasteiger charge is -2.17. The Bertz CT molecular complexity index is 226. The van der Waals surface area contributed by atoms with Gasteiger partial charge in [-0.25, -0.2) is 0 Å². The molecule has 0 rings (SSSR count). The van der Waals surface area contributed by atoms with E-state index in [4.69, 9.17) is 5.11 Å². The Morgan fingerprint density at radius 3 is 1.16 bits per heavy atom. The average molecular weight is 355 g/mol. The molecule has 1 heteroatoms. The van der Waals surface area contributed by atoms with Crippen LogP contribution in [0, 0.1) is 5.92 Å². The van der Waals surface area contributed by atoms with Crippen LogP contribution in [0.5, 0.6) is 0 Å². The van der Waals surface area contributed by atoms with Crippen molar-refractivity contribution in [3.63, 3.8) is 0 Å². The van der Waals surface area contributed by atoms with Crippen LogP contribution < -0.4 is 0 Å². The molecule has 0 aromatic carbocycles. The number of hydrogen-bond donors (Lipinski definition) is 1. The van der Waals surface area contributed by atoms with Crippen LogP contribution in [0.25, 0.3) is 0 Å². The molecule has 0 aliphatic rings. The third kappa shape index (κ3) is 20.1. The molecule has 0 fully saturated rings. The van der Waals surface area contributed by atoms with E-state index < -0.39 is 0 Å². The van der Waals surface area contributed by atoms with Crippen molar-refractivity contribution in [1.29, 1.82) is 0 Å². The highest BCUT2D eigenvalue weighted by atomic mass is 16.2. The molecule has 0 spiro atoms. The first-order chi connectivity index (χ1) is 12.3. The topological polar surface area (TPSA) is 20.2 Å². The summed E-state index contributed by atoms with van der Waals surface area (Å²) in [6.07, 6.45) is 28.0. The molecular weight excluding hydrogens is 304 g/mol. The summed E-state index contributed by atoms with van der Waals surface area (Å²) in [5, 5.41) is 8.85. The average Bonchev–Trinajstić information content (AvgIpc) is 2.63. The van der Waals surface area contributed by atoms with Gasteiger partial charge in [0.25, 0.3) is 0 Å². The second kappa shape index (κ2) is 22.0. The largest absolute Gasteiger partial charge is 0.396 e. The molecule has 0 radical (unpaired) electrons. The minimum absolute atomic E-state index is 0.374. The molecule has 0 aromatic rings. The maximum Gasteiger partial charge on any atom is 0.0431 e. The van der Waals surface area contributed by atoms with Crippen molar-refractivity contribution in [2.24, 2.45) is 5.92 Å². The van der Waals surface area contributed by atoms with Crippen molar-refractivity contribution in [3.8, 4) is 0 Å². The van der Waals surface area contributed by atoms with Crippen LogP contribution >= 0.6 is 0 Å². The Labute approximate surface area is 160 Å². The fourth-order valence-corrected chi connectivity index (χ4v) is 3.93. The number of aliphatic hydroxyl groups excluding tert-OH is 1. The van der Waals surface area contributed by atoms with Crippen molar-refractivity contribution in [2.45, 2.75) is 142 Å². The van der Waals surface area contributed by atoms with E-state index in [9.17, 15) is 0 Å². The Morgan fingerprint density at radius 1 is 0.440 bits per heavy atom. The van der Waals surface area contributed by atoms with E-state index in [2.05, 4.69) is 13.8 Å². The van der Waals surface area contributed by atoms with Crippen molar-refractivity contribution in [2.75, 3.05) is 6.61 Å². The van der Waals surface area contributed by atoms with E-state index in [-0.39, 0.29) is 0 Å². The van der Waals surface area contributed by atoms with Gasteiger partial charge in [0, 0.05) is 6.61 Å². The minimum atomic E-state index is 0.374. The number of unbranched alkanes of at least 4 members (excludes halogenated alkanes) is 14. The minimum Gasteiger partial charge on any atom is -0.396 e. The molecule has 25 heavy (non-hydrogen) atoms. The van der Waals surface area contributed by atoms with E-state index in [1.165, 1.54) is 122 Å². The summed E-state index contributed by atoms with van der Waals surface area (Å²) >= 11 is 0. The predicted octanol–water partition coefficient (Wildman–Crippen LogP) is 8.44. The second-order valence-corrected chi connectivity index (χ2v) is 8.26. The zero-order valence-electron chi connectivity index (χ0n) is 17.9. The summed E-state index contributed by atoms with van der Waals surface area (Å²) in [4.78, 5) is 0. The molecule has 0 aliphatic carbocycles. The van der Waals surface area contributed by atoms with Crippen molar-refractivity contribution < 1.29 is 5.11 Å². The zero-order valence-corrected chi connectivity index (χ0v) is 17.9. The summed E-state index contributed by atoms with van der Waals surface area (Å²) in [6, 6.07) is 0. The number of aliphatic hydroxyl groups is 1. The second-order valence-electron chi connectivity index (χ2n) is 8.26. The van der Waals surface area contributed by atoms with Crippen LogP contribution in [0.4, 0.5) is 0 Å². The van der Waals surface area contributed by atoms with E-state index in [0.717, 1.165) is 12.3 Å². The van der Waals surface area contributed by atoms with Crippen molar-refractivity contribution in [3.05, 3.63) is 0 Å². The Morgan fingerprint density at radius 2 is 0.760 bits per heavy atom. The van der Waals surface area contributed by atoms with Gasteiger partial charge in [0.2, 0.25) is 0 Å². The molecule has 0 saturated carbocycles. The van der Waals surface area contributed by atoms with Gasteiger partial charge in [-0.3, -0.25) is 0 Å². The number of hydrogen-bond acceptors (Lipinski definition) is 1. The smallest absolute Gasteiger partial charge is 0.0431 e. The van der Waals surface area contributed by atoms with Crippen LogP contribution in [0.3, 0.4) is 0 Å². The monoisotopic (exact) mass is 354 g/mol. The fraction of sp³-hybridized carbons (Fsp3) is 1.00. The van der Waals surface area contributed by atoms with Crippen LogP contribution in [-0.2, 0) is 0 Å². The first-order valence-corrected chi connectivity index (χ1v) is 12.0. The zero-order chi connectivity index (χ0) is 18.4. The van der Waals surface area contributed by atoms with Gasteiger partial charge in [-0.1, -0.05) is 136 Å². The highest BCUT2D eigenvalue weighted by Crippen LogP contribution is 2.24. The van der Waals surface area contributed by atoms with E-state index in [1.54, 1.807) is 0 Å². The maximum absolute atomic E-state index is 8.85. The van der Waals surface area contributed by atoms with E-state index in [0.29, 0.717) is 6.61 Å². The number of rotatable bonds is 21. The first-order valence-electron chi connectivity index (χ1n) is 12.0. The van der Waals surface area contributed by atoms with Crippen molar-refractivity contribution in [1.82, 2.24) is 0 Å². The lowest BCUT2D eigenvalue weighted by molar-refractivity contribution is 0.281. The van der Waals surface area contributed by atoms with Gasteiger partial charge in [-0.15, -0.1) is 0 Å². The molecule has 0 aliphatic heterocycles.